The number of furan rings is 1. The van der Waals surface area contributed by atoms with Gasteiger partial charge in [-0.15, -0.1) is 0 Å². The van der Waals surface area contributed by atoms with Gasteiger partial charge in [0.2, 0.25) is 5.91 Å². The highest BCUT2D eigenvalue weighted by Crippen LogP contribution is 2.31. The second-order valence-electron chi connectivity index (χ2n) is 6.19. The van der Waals surface area contributed by atoms with Gasteiger partial charge in [-0.25, -0.2) is 4.98 Å². The number of anilines is 1. The van der Waals surface area contributed by atoms with E-state index < -0.39 is 0 Å². The molecule has 0 atom stereocenters. The molecule has 0 aliphatic carbocycles. The maximum absolute atomic E-state index is 13.0. The van der Waals surface area contributed by atoms with Crippen LogP contribution in [0.5, 0.6) is 0 Å². The van der Waals surface area contributed by atoms with Gasteiger partial charge >= 0.3 is 0 Å². The Morgan fingerprint density at radius 1 is 1.12 bits per heavy atom. The Hall–Kier alpha value is -2.92. The molecular weight excluding hydrogens is 344 g/mol. The third kappa shape index (κ3) is 3.53. The highest BCUT2D eigenvalue weighted by molar-refractivity contribution is 7.22. The molecule has 0 aliphatic rings. The Morgan fingerprint density at radius 3 is 2.73 bits per heavy atom. The van der Waals surface area contributed by atoms with Gasteiger partial charge in [-0.1, -0.05) is 47.7 Å². The molecule has 0 saturated heterocycles. The zero-order chi connectivity index (χ0) is 17.9. The van der Waals surface area contributed by atoms with Gasteiger partial charge in [0.1, 0.15) is 5.76 Å². The average Bonchev–Trinajstić information content (AvgIpc) is 3.29. The standard InChI is InChI=1S/C21H18N2O2S/c1-15-9-10-18-19(12-15)26-21(22-18)23(14-17-8-5-11-25-17)20(24)13-16-6-3-2-4-7-16/h2-12H,13-14H2,1H3. The zero-order valence-electron chi connectivity index (χ0n) is 14.4. The van der Waals surface area contributed by atoms with Crippen molar-refractivity contribution < 1.29 is 9.21 Å². The van der Waals surface area contributed by atoms with E-state index in [1.807, 2.05) is 54.6 Å². The average molecular weight is 362 g/mol. The van der Waals surface area contributed by atoms with E-state index in [4.69, 9.17) is 4.42 Å². The third-order valence-electron chi connectivity index (χ3n) is 4.16. The van der Waals surface area contributed by atoms with Crippen LogP contribution in [0.3, 0.4) is 0 Å². The Morgan fingerprint density at radius 2 is 1.96 bits per heavy atom. The van der Waals surface area contributed by atoms with Gasteiger partial charge in [0, 0.05) is 0 Å². The molecular formula is C21H18N2O2S. The van der Waals surface area contributed by atoms with Crippen molar-refractivity contribution in [2.45, 2.75) is 19.9 Å². The first-order valence-corrected chi connectivity index (χ1v) is 9.24. The van der Waals surface area contributed by atoms with Crippen LogP contribution in [0.15, 0.2) is 71.3 Å². The number of benzene rings is 2. The van der Waals surface area contributed by atoms with Gasteiger partial charge in [-0.3, -0.25) is 9.69 Å². The predicted molar refractivity (Wildman–Crippen MR) is 104 cm³/mol. The van der Waals surface area contributed by atoms with E-state index in [2.05, 4.69) is 18.0 Å². The summed E-state index contributed by atoms with van der Waals surface area (Å²) in [6.45, 7) is 2.43. The smallest absolute Gasteiger partial charge is 0.233 e. The molecule has 2 heterocycles. The number of carbonyl (C=O) groups excluding carboxylic acids is 1. The van der Waals surface area contributed by atoms with Crippen LogP contribution in [0.2, 0.25) is 0 Å². The fourth-order valence-corrected chi connectivity index (χ4v) is 3.90. The summed E-state index contributed by atoms with van der Waals surface area (Å²) in [6.07, 6.45) is 1.95. The first kappa shape index (κ1) is 16.5. The van der Waals surface area contributed by atoms with Crippen LogP contribution in [0, 0.1) is 6.92 Å². The minimum absolute atomic E-state index is 0.00313. The Kier molecular flexibility index (Phi) is 4.54. The van der Waals surface area contributed by atoms with Gasteiger partial charge in [0.15, 0.2) is 5.13 Å². The van der Waals surface area contributed by atoms with Crippen LogP contribution in [0.4, 0.5) is 5.13 Å². The van der Waals surface area contributed by atoms with Crippen molar-refractivity contribution in [3.63, 3.8) is 0 Å². The van der Waals surface area contributed by atoms with E-state index in [0.717, 1.165) is 21.5 Å². The Bertz CT molecular complexity index is 1020. The fourth-order valence-electron chi connectivity index (χ4n) is 2.82. The number of hydrogen-bond acceptors (Lipinski definition) is 4. The monoisotopic (exact) mass is 362 g/mol. The molecule has 4 aromatic rings. The molecule has 0 radical (unpaired) electrons. The molecule has 0 saturated carbocycles. The zero-order valence-corrected chi connectivity index (χ0v) is 15.2. The molecule has 0 unspecified atom stereocenters. The van der Waals surface area contributed by atoms with E-state index in [-0.39, 0.29) is 5.91 Å². The molecule has 4 nitrogen and oxygen atoms in total. The lowest BCUT2D eigenvalue weighted by Crippen LogP contribution is -2.31. The second kappa shape index (κ2) is 7.14. The molecule has 0 spiro atoms. The van der Waals surface area contributed by atoms with Gasteiger partial charge < -0.3 is 4.42 Å². The Labute approximate surface area is 155 Å². The van der Waals surface area contributed by atoms with Crippen molar-refractivity contribution in [1.82, 2.24) is 4.98 Å². The number of rotatable bonds is 5. The molecule has 130 valence electrons. The molecule has 5 heteroatoms. The lowest BCUT2D eigenvalue weighted by atomic mass is 10.1. The van der Waals surface area contributed by atoms with Gasteiger partial charge in [0.25, 0.3) is 0 Å². The van der Waals surface area contributed by atoms with Crippen molar-refractivity contribution in [1.29, 1.82) is 0 Å². The maximum atomic E-state index is 13.0. The first-order valence-electron chi connectivity index (χ1n) is 8.43. The van der Waals surface area contributed by atoms with Crippen LogP contribution in [0.1, 0.15) is 16.9 Å². The van der Waals surface area contributed by atoms with Gasteiger partial charge in [0.05, 0.1) is 29.4 Å². The second-order valence-corrected chi connectivity index (χ2v) is 7.20. The van der Waals surface area contributed by atoms with E-state index in [0.29, 0.717) is 18.1 Å². The summed E-state index contributed by atoms with van der Waals surface area (Å²) in [5.74, 6) is 0.741. The van der Waals surface area contributed by atoms with E-state index in [1.54, 1.807) is 11.2 Å². The number of aromatic nitrogens is 1. The highest BCUT2D eigenvalue weighted by Gasteiger charge is 2.21. The number of carbonyl (C=O) groups is 1. The topological polar surface area (TPSA) is 46.3 Å². The van der Waals surface area contributed by atoms with Crippen LogP contribution in [-0.2, 0) is 17.8 Å². The van der Waals surface area contributed by atoms with Crippen LogP contribution in [0.25, 0.3) is 10.2 Å². The number of amides is 1. The lowest BCUT2D eigenvalue weighted by molar-refractivity contribution is -0.118. The van der Waals surface area contributed by atoms with Crippen LogP contribution < -0.4 is 4.90 Å². The number of fused-ring (bicyclic) bond motifs is 1. The molecule has 0 bridgehead atoms. The van der Waals surface area contributed by atoms with Crippen molar-refractivity contribution in [3.05, 3.63) is 83.8 Å². The van der Waals surface area contributed by atoms with Crippen molar-refractivity contribution in [2.24, 2.45) is 0 Å². The molecule has 0 fully saturated rings. The third-order valence-corrected chi connectivity index (χ3v) is 5.20. The molecule has 0 N–H and O–H groups in total. The quantitative estimate of drug-likeness (QED) is 0.503. The summed E-state index contributed by atoms with van der Waals surface area (Å²) < 4.78 is 6.54. The summed E-state index contributed by atoms with van der Waals surface area (Å²) in [6, 6.07) is 19.6. The Balaban J connectivity index is 1.68. The van der Waals surface area contributed by atoms with Crippen molar-refractivity contribution >= 4 is 32.6 Å². The number of hydrogen-bond donors (Lipinski definition) is 0. The molecule has 2 aromatic heterocycles. The summed E-state index contributed by atoms with van der Waals surface area (Å²) >= 11 is 1.53. The fraction of sp³-hybridized carbons (Fsp3) is 0.143. The normalized spacial score (nSPS) is 11.0. The number of aryl methyl sites for hydroxylation is 1. The van der Waals surface area contributed by atoms with E-state index in [1.165, 1.54) is 16.9 Å². The summed E-state index contributed by atoms with van der Waals surface area (Å²) in [5.41, 5.74) is 3.08. The van der Waals surface area contributed by atoms with Crippen LogP contribution in [-0.4, -0.2) is 10.9 Å². The molecule has 26 heavy (non-hydrogen) atoms. The van der Waals surface area contributed by atoms with Crippen LogP contribution >= 0.6 is 11.3 Å². The SMILES string of the molecule is Cc1ccc2nc(N(Cc3ccco3)C(=O)Cc3ccccc3)sc2c1. The molecule has 2 aromatic carbocycles. The minimum atomic E-state index is 0.00313. The van der Waals surface area contributed by atoms with Gasteiger partial charge in [-0.2, -0.15) is 0 Å². The van der Waals surface area contributed by atoms with E-state index >= 15 is 0 Å². The number of nitrogens with zero attached hydrogens (tertiary/aromatic N) is 2. The van der Waals surface area contributed by atoms with Crippen molar-refractivity contribution in [3.8, 4) is 0 Å². The lowest BCUT2D eigenvalue weighted by Gasteiger charge is -2.18. The highest BCUT2D eigenvalue weighted by atomic mass is 32.1. The minimum Gasteiger partial charge on any atom is -0.467 e. The predicted octanol–water partition coefficient (Wildman–Crippen LogP) is 4.97. The number of thiazole rings is 1. The summed E-state index contributed by atoms with van der Waals surface area (Å²) in [4.78, 5) is 19.4. The summed E-state index contributed by atoms with van der Waals surface area (Å²) in [7, 11) is 0. The first-order chi connectivity index (χ1) is 12.7. The van der Waals surface area contributed by atoms with E-state index in [9.17, 15) is 4.79 Å². The maximum Gasteiger partial charge on any atom is 0.233 e. The van der Waals surface area contributed by atoms with Crippen molar-refractivity contribution in [2.75, 3.05) is 4.90 Å². The molecule has 4 rings (SSSR count). The molecule has 1 amide bonds. The summed E-state index contributed by atoms with van der Waals surface area (Å²) in [5, 5.41) is 0.697. The van der Waals surface area contributed by atoms with Gasteiger partial charge in [-0.05, 0) is 42.3 Å². The largest absolute Gasteiger partial charge is 0.467 e. The molecule has 0 aliphatic heterocycles.